The molecule has 36 heavy (non-hydrogen) atoms. The molecule has 9 heteroatoms. The Kier molecular flexibility index (Phi) is 6.71. The van der Waals surface area contributed by atoms with E-state index < -0.39 is 17.4 Å². The zero-order valence-corrected chi connectivity index (χ0v) is 20.1. The molecule has 0 radical (unpaired) electrons. The van der Waals surface area contributed by atoms with Gasteiger partial charge in [0.05, 0.1) is 18.6 Å². The molecule has 2 aliphatic rings. The molecule has 3 N–H and O–H groups in total. The van der Waals surface area contributed by atoms with E-state index in [9.17, 15) is 14.4 Å². The highest BCUT2D eigenvalue weighted by Crippen LogP contribution is 2.31. The van der Waals surface area contributed by atoms with Crippen molar-refractivity contribution < 1.29 is 14.3 Å². The number of carbonyl (C=O) groups excluding carboxylic acids is 2. The first-order valence-electron chi connectivity index (χ1n) is 12.2. The van der Waals surface area contributed by atoms with Gasteiger partial charge in [0.15, 0.2) is 0 Å². The number of fused-ring (bicyclic) bond motifs is 1. The molecule has 0 spiro atoms. The van der Waals surface area contributed by atoms with E-state index >= 15 is 0 Å². The summed E-state index contributed by atoms with van der Waals surface area (Å²) in [7, 11) is 1.54. The van der Waals surface area contributed by atoms with Crippen molar-refractivity contribution in [1.29, 1.82) is 0 Å². The van der Waals surface area contributed by atoms with Crippen LogP contribution in [0.25, 0.3) is 0 Å². The molecule has 2 amide bonds. The van der Waals surface area contributed by atoms with Crippen molar-refractivity contribution in [2.45, 2.75) is 31.6 Å². The number of aromatic amines is 1. The molecule has 1 atom stereocenters. The number of ether oxygens (including phenoxy) is 1. The Morgan fingerprint density at radius 2 is 1.89 bits per heavy atom. The number of piperidine rings is 1. The fraction of sp³-hybridized carbons (Fsp3) is 0.333. The first kappa shape index (κ1) is 23.6. The van der Waals surface area contributed by atoms with Crippen LogP contribution in [0.5, 0.6) is 5.75 Å². The Bertz CT molecular complexity index is 1320. The molecule has 1 aromatic heterocycles. The van der Waals surface area contributed by atoms with Gasteiger partial charge in [-0.1, -0.05) is 36.4 Å². The van der Waals surface area contributed by atoms with Gasteiger partial charge in [0, 0.05) is 31.3 Å². The largest absolute Gasteiger partial charge is 0.497 e. The predicted octanol–water partition coefficient (Wildman–Crippen LogP) is 3.30. The Labute approximate surface area is 208 Å². The monoisotopic (exact) mass is 487 g/mol. The van der Waals surface area contributed by atoms with Crippen molar-refractivity contribution in [3.8, 4) is 5.75 Å². The van der Waals surface area contributed by atoms with Crippen molar-refractivity contribution in [2.75, 3.05) is 35.7 Å². The lowest BCUT2D eigenvalue weighted by Gasteiger charge is -2.33. The molecule has 0 unspecified atom stereocenters. The number of nitrogens with one attached hydrogen (secondary N) is 3. The minimum Gasteiger partial charge on any atom is -0.497 e. The van der Waals surface area contributed by atoms with Crippen molar-refractivity contribution in [3.05, 3.63) is 76.1 Å². The lowest BCUT2D eigenvalue weighted by Crippen LogP contribution is -2.40. The first-order chi connectivity index (χ1) is 17.5. The molecule has 0 saturated carbocycles. The second-order valence-electron chi connectivity index (χ2n) is 9.30. The Morgan fingerprint density at radius 1 is 1.11 bits per heavy atom. The summed E-state index contributed by atoms with van der Waals surface area (Å²) in [5, 5.41) is 5.48. The number of amides is 2. The summed E-state index contributed by atoms with van der Waals surface area (Å²) in [5.41, 5.74) is 1.62. The van der Waals surface area contributed by atoms with Gasteiger partial charge in [-0.05, 0) is 42.9 Å². The summed E-state index contributed by atoms with van der Waals surface area (Å²) in [5.74, 6) is -0.00108. The van der Waals surface area contributed by atoms with E-state index in [0.29, 0.717) is 23.3 Å². The molecule has 0 aliphatic carbocycles. The maximum Gasteiger partial charge on any atom is 0.258 e. The average molecular weight is 488 g/mol. The number of methoxy groups -OCH3 is 1. The van der Waals surface area contributed by atoms with Crippen molar-refractivity contribution >= 4 is 29.3 Å². The highest BCUT2D eigenvalue weighted by atomic mass is 16.5. The molecule has 9 nitrogen and oxygen atoms in total. The number of carbonyl (C=O) groups is 2. The first-order valence-corrected chi connectivity index (χ1v) is 12.2. The zero-order valence-electron chi connectivity index (χ0n) is 20.1. The van der Waals surface area contributed by atoms with Gasteiger partial charge in [-0.25, -0.2) is 0 Å². The molecule has 5 rings (SSSR count). The average Bonchev–Trinajstić information content (AvgIpc) is 2.89. The summed E-state index contributed by atoms with van der Waals surface area (Å²) >= 11 is 0. The SMILES string of the molecule is COc1cccc(NC(=O)[C@@H]2CC(=O)Nc3nc(N4CCC(Cc5ccccc5)CC4)[nH]c(=O)c32)c1. The molecule has 1 fully saturated rings. The molecule has 2 aromatic carbocycles. The van der Waals surface area contributed by atoms with Gasteiger partial charge in [0.1, 0.15) is 11.6 Å². The standard InChI is InChI=1S/C27H29N5O4/c1-36-20-9-5-8-19(15-20)28-25(34)21-16-22(33)29-24-23(21)26(35)31-27(30-24)32-12-10-18(11-13-32)14-17-6-3-2-4-7-17/h2-9,15,18,21H,10-14,16H2,1H3,(H,28,34)(H2,29,30,31,33,35)/t21-/m1/s1. The topological polar surface area (TPSA) is 116 Å². The van der Waals surface area contributed by atoms with Crippen LogP contribution in [0.15, 0.2) is 59.4 Å². The van der Waals surface area contributed by atoms with E-state index in [1.54, 1.807) is 24.3 Å². The maximum absolute atomic E-state index is 13.1. The number of aromatic nitrogens is 2. The van der Waals surface area contributed by atoms with Gasteiger partial charge < -0.3 is 20.3 Å². The van der Waals surface area contributed by atoms with E-state index in [1.807, 2.05) is 11.0 Å². The van der Waals surface area contributed by atoms with Gasteiger partial charge >= 0.3 is 0 Å². The summed E-state index contributed by atoms with van der Waals surface area (Å²) in [4.78, 5) is 48.1. The number of nitrogens with zero attached hydrogens (tertiary/aromatic N) is 2. The van der Waals surface area contributed by atoms with Crippen molar-refractivity contribution in [2.24, 2.45) is 5.92 Å². The number of H-pyrrole nitrogens is 1. The Morgan fingerprint density at radius 3 is 2.64 bits per heavy atom. The van der Waals surface area contributed by atoms with Crippen LogP contribution in [0, 0.1) is 5.92 Å². The molecule has 186 valence electrons. The number of rotatable bonds is 6. The van der Waals surface area contributed by atoms with Crippen LogP contribution in [-0.2, 0) is 16.0 Å². The molecule has 2 aliphatic heterocycles. The normalized spacial score (nSPS) is 17.8. The van der Waals surface area contributed by atoms with Gasteiger partial charge in [-0.2, -0.15) is 4.98 Å². The number of benzene rings is 2. The van der Waals surface area contributed by atoms with Gasteiger partial charge in [-0.15, -0.1) is 0 Å². The third kappa shape index (κ3) is 5.10. The summed E-state index contributed by atoms with van der Waals surface area (Å²) in [6.45, 7) is 1.51. The fourth-order valence-electron chi connectivity index (χ4n) is 4.96. The van der Waals surface area contributed by atoms with Crippen molar-refractivity contribution in [1.82, 2.24) is 9.97 Å². The summed E-state index contributed by atoms with van der Waals surface area (Å²) < 4.78 is 5.20. The van der Waals surface area contributed by atoms with Crippen molar-refractivity contribution in [3.63, 3.8) is 0 Å². The van der Waals surface area contributed by atoms with Crippen LogP contribution in [0.4, 0.5) is 17.5 Å². The lowest BCUT2D eigenvalue weighted by molar-refractivity contribution is -0.123. The van der Waals surface area contributed by atoms with Crippen LogP contribution in [0.2, 0.25) is 0 Å². The van der Waals surface area contributed by atoms with Crippen LogP contribution in [0.1, 0.15) is 36.3 Å². The second kappa shape index (κ2) is 10.2. The van der Waals surface area contributed by atoms with E-state index in [2.05, 4.69) is 44.9 Å². The van der Waals surface area contributed by atoms with Crippen LogP contribution in [-0.4, -0.2) is 42.0 Å². The number of hydrogen-bond donors (Lipinski definition) is 3. The zero-order chi connectivity index (χ0) is 25.1. The molecular formula is C27H29N5O4. The molecule has 0 bridgehead atoms. The lowest BCUT2D eigenvalue weighted by atomic mass is 9.90. The highest BCUT2D eigenvalue weighted by Gasteiger charge is 2.35. The minimum absolute atomic E-state index is 0.127. The van der Waals surface area contributed by atoms with Crippen LogP contribution >= 0.6 is 0 Å². The smallest absolute Gasteiger partial charge is 0.258 e. The van der Waals surface area contributed by atoms with Gasteiger partial charge in [-0.3, -0.25) is 19.4 Å². The van der Waals surface area contributed by atoms with Gasteiger partial charge in [0.2, 0.25) is 17.8 Å². The number of anilines is 3. The van der Waals surface area contributed by atoms with Crippen LogP contribution in [0.3, 0.4) is 0 Å². The fourth-order valence-corrected chi connectivity index (χ4v) is 4.96. The molecule has 3 heterocycles. The highest BCUT2D eigenvalue weighted by molar-refractivity contribution is 6.04. The third-order valence-corrected chi connectivity index (χ3v) is 6.87. The molecular weight excluding hydrogens is 458 g/mol. The minimum atomic E-state index is -0.943. The number of hydrogen-bond acceptors (Lipinski definition) is 6. The Balaban J connectivity index is 1.31. The third-order valence-electron chi connectivity index (χ3n) is 6.87. The van der Waals surface area contributed by atoms with E-state index in [0.717, 1.165) is 32.4 Å². The molecule has 1 saturated heterocycles. The van der Waals surface area contributed by atoms with E-state index in [-0.39, 0.29) is 23.7 Å². The summed E-state index contributed by atoms with van der Waals surface area (Å²) in [6.07, 6.45) is 2.86. The maximum atomic E-state index is 13.1. The van der Waals surface area contributed by atoms with Crippen LogP contribution < -0.4 is 25.8 Å². The molecule has 3 aromatic rings. The Hall–Kier alpha value is -4.14. The second-order valence-corrected chi connectivity index (χ2v) is 9.30. The predicted molar refractivity (Wildman–Crippen MR) is 138 cm³/mol. The quantitative estimate of drug-likeness (QED) is 0.491. The summed E-state index contributed by atoms with van der Waals surface area (Å²) in [6, 6.07) is 17.4. The van der Waals surface area contributed by atoms with Gasteiger partial charge in [0.25, 0.3) is 5.56 Å². The van der Waals surface area contributed by atoms with E-state index in [4.69, 9.17) is 4.74 Å². The van der Waals surface area contributed by atoms with E-state index in [1.165, 1.54) is 12.7 Å².